The van der Waals surface area contributed by atoms with E-state index >= 15 is 0 Å². The Morgan fingerprint density at radius 1 is 1.24 bits per heavy atom. The first-order valence-corrected chi connectivity index (χ1v) is 7.37. The summed E-state index contributed by atoms with van der Waals surface area (Å²) in [5, 5.41) is 9.97. The largest absolute Gasteiger partial charge is 0.491 e. The molecule has 0 saturated carbocycles. The summed E-state index contributed by atoms with van der Waals surface area (Å²) >= 11 is 0. The van der Waals surface area contributed by atoms with E-state index in [1.54, 1.807) is 13.8 Å². The number of amides is 2. The third-order valence-corrected chi connectivity index (χ3v) is 3.33. The van der Waals surface area contributed by atoms with Gasteiger partial charge >= 0.3 is 18.2 Å². The second-order valence-electron chi connectivity index (χ2n) is 4.96. The zero-order chi connectivity index (χ0) is 19.4. The molecule has 0 spiro atoms. The molecule has 0 radical (unpaired) electrons. The summed E-state index contributed by atoms with van der Waals surface area (Å²) in [6, 6.07) is 1.77. The molecule has 0 bridgehead atoms. The highest BCUT2D eigenvalue weighted by Gasteiger charge is 2.41. The molecule has 0 aliphatic heterocycles. The van der Waals surface area contributed by atoms with Crippen molar-refractivity contribution < 1.29 is 27.5 Å². The molecule has 0 heterocycles. The van der Waals surface area contributed by atoms with E-state index in [-0.39, 0.29) is 11.4 Å². The summed E-state index contributed by atoms with van der Waals surface area (Å²) < 4.78 is 41.5. The molecule has 138 valence electrons. The van der Waals surface area contributed by atoms with Gasteiger partial charge in [-0.15, -0.1) is 0 Å². The minimum absolute atomic E-state index is 0.281. The predicted molar refractivity (Wildman–Crippen MR) is 85.7 cm³/mol. The van der Waals surface area contributed by atoms with Crippen molar-refractivity contribution in [1.82, 2.24) is 5.32 Å². The van der Waals surface area contributed by atoms with Crippen molar-refractivity contribution >= 4 is 23.6 Å². The second kappa shape index (κ2) is 7.86. The van der Waals surface area contributed by atoms with Gasteiger partial charge < -0.3 is 15.8 Å². The Morgan fingerprint density at radius 3 is 2.04 bits per heavy atom. The fraction of sp³-hybridized carbons (Fsp3) is 0.400. The normalized spacial score (nSPS) is 11.0. The van der Waals surface area contributed by atoms with Gasteiger partial charge in [0.05, 0.1) is 5.69 Å². The first-order chi connectivity index (χ1) is 11.6. The van der Waals surface area contributed by atoms with Crippen molar-refractivity contribution in [3.8, 4) is 5.75 Å². The number of alkyl halides is 3. The average Bonchev–Trinajstić information content (AvgIpc) is 2.53. The first-order valence-electron chi connectivity index (χ1n) is 7.37. The van der Waals surface area contributed by atoms with E-state index in [0.29, 0.717) is 24.0 Å². The highest BCUT2D eigenvalue weighted by molar-refractivity contribution is 6.14. The van der Waals surface area contributed by atoms with Crippen LogP contribution in [0.2, 0.25) is 0 Å². The molecule has 0 aromatic heterocycles. The molecule has 1 aromatic rings. The minimum atomic E-state index is -5.12. The third-order valence-electron chi connectivity index (χ3n) is 3.33. The van der Waals surface area contributed by atoms with E-state index in [9.17, 15) is 22.8 Å². The summed E-state index contributed by atoms with van der Waals surface area (Å²) in [6.45, 7) is 3.41. The molecule has 4 N–H and O–H groups in total. The Bertz CT molecular complexity index is 664. The van der Waals surface area contributed by atoms with Crippen LogP contribution in [0, 0.1) is 5.41 Å². The predicted octanol–water partition coefficient (Wildman–Crippen LogP) is 2.32. The fourth-order valence-corrected chi connectivity index (χ4v) is 2.22. The van der Waals surface area contributed by atoms with E-state index in [4.69, 9.17) is 11.1 Å². The molecule has 10 heteroatoms. The van der Waals surface area contributed by atoms with Crippen molar-refractivity contribution in [3.63, 3.8) is 0 Å². The smallest absolute Gasteiger partial charge is 0.420 e. The monoisotopic (exact) mass is 360 g/mol. The van der Waals surface area contributed by atoms with Crippen molar-refractivity contribution in [2.75, 3.05) is 11.9 Å². The van der Waals surface area contributed by atoms with Gasteiger partial charge in [0.25, 0.3) is 0 Å². The number of nitrogens with one attached hydrogen (secondary N) is 2. The number of aryl methyl sites for hydroxylation is 2. The number of nitrogens with zero attached hydrogens (tertiary/aromatic N) is 1. The van der Waals surface area contributed by atoms with E-state index in [1.807, 2.05) is 0 Å². The lowest BCUT2D eigenvalue weighted by atomic mass is 10.0. The summed E-state index contributed by atoms with van der Waals surface area (Å²) in [6.07, 6.45) is -4.51. The number of ether oxygens (including phenoxy) is 1. The Kier molecular flexibility index (Phi) is 6.37. The van der Waals surface area contributed by atoms with Crippen LogP contribution in [0.5, 0.6) is 5.75 Å². The van der Waals surface area contributed by atoms with E-state index in [0.717, 1.165) is 4.90 Å². The van der Waals surface area contributed by atoms with E-state index < -0.39 is 24.1 Å². The molecule has 0 saturated heterocycles. The lowest BCUT2D eigenvalue weighted by Gasteiger charge is -2.26. The maximum absolute atomic E-state index is 12.4. The molecular weight excluding hydrogens is 341 g/mol. The van der Waals surface area contributed by atoms with Gasteiger partial charge in [0.15, 0.2) is 0 Å². The molecule has 7 nitrogen and oxygen atoms in total. The number of urea groups is 1. The number of nitrogens with two attached hydrogens (primary N) is 1. The summed E-state index contributed by atoms with van der Waals surface area (Å²) in [7, 11) is 1.36. The number of rotatable bonds is 4. The van der Waals surface area contributed by atoms with Crippen molar-refractivity contribution in [3.05, 3.63) is 23.3 Å². The number of benzene rings is 1. The number of guanidine groups is 1. The average molecular weight is 360 g/mol. The van der Waals surface area contributed by atoms with Crippen LogP contribution >= 0.6 is 0 Å². The van der Waals surface area contributed by atoms with E-state index in [1.165, 1.54) is 19.2 Å². The van der Waals surface area contributed by atoms with Crippen LogP contribution in [0.4, 0.5) is 23.7 Å². The molecule has 1 rings (SSSR count). The molecule has 25 heavy (non-hydrogen) atoms. The van der Waals surface area contributed by atoms with Crippen LogP contribution in [0.3, 0.4) is 0 Å². The quantitative estimate of drug-likeness (QED) is 0.331. The molecule has 0 fully saturated rings. The Morgan fingerprint density at radius 2 is 1.72 bits per heavy atom. The zero-order valence-corrected chi connectivity index (χ0v) is 14.0. The number of carbonyl (C=O) groups excluding carboxylic acids is 2. The molecule has 2 amide bonds. The second-order valence-corrected chi connectivity index (χ2v) is 4.96. The summed E-state index contributed by atoms with van der Waals surface area (Å²) in [5.41, 5.74) is 6.58. The fourth-order valence-electron chi connectivity index (χ4n) is 2.22. The number of halogens is 3. The molecule has 0 aliphatic carbocycles. The van der Waals surface area contributed by atoms with Gasteiger partial charge in [-0.3, -0.25) is 5.41 Å². The van der Waals surface area contributed by atoms with Gasteiger partial charge in [0.2, 0.25) is 5.96 Å². The van der Waals surface area contributed by atoms with Crippen molar-refractivity contribution in [2.45, 2.75) is 32.9 Å². The molecule has 0 atom stereocenters. The topological polar surface area (TPSA) is 109 Å². The van der Waals surface area contributed by atoms with Gasteiger partial charge in [-0.05, 0) is 36.1 Å². The SMILES string of the molecule is CCc1cc(OC(=O)C(F)(F)F)cc(CC)c1N(C(=N)N)C(=O)NC. The van der Waals surface area contributed by atoms with Crippen LogP contribution in [0.15, 0.2) is 12.1 Å². The number of esters is 1. The van der Waals surface area contributed by atoms with Gasteiger partial charge in [0.1, 0.15) is 5.75 Å². The van der Waals surface area contributed by atoms with E-state index in [2.05, 4.69) is 10.1 Å². The van der Waals surface area contributed by atoms with Gasteiger partial charge in [-0.25, -0.2) is 14.5 Å². The number of carbonyl (C=O) groups is 2. The molecule has 0 aliphatic rings. The van der Waals surface area contributed by atoms with Gasteiger partial charge in [-0.1, -0.05) is 13.8 Å². The third kappa shape index (κ3) is 4.61. The lowest BCUT2D eigenvalue weighted by molar-refractivity contribution is -0.189. The lowest BCUT2D eigenvalue weighted by Crippen LogP contribution is -2.47. The Hall–Kier alpha value is -2.78. The summed E-state index contributed by atoms with van der Waals surface area (Å²) in [5.74, 6) is -3.18. The van der Waals surface area contributed by atoms with Crippen molar-refractivity contribution in [2.24, 2.45) is 5.73 Å². The first kappa shape index (κ1) is 20.3. The maximum atomic E-state index is 12.4. The van der Waals surface area contributed by atoms with Gasteiger partial charge in [0, 0.05) is 7.05 Å². The number of hydrogen-bond donors (Lipinski definition) is 3. The Balaban J connectivity index is 3.48. The highest BCUT2D eigenvalue weighted by Crippen LogP contribution is 2.32. The standard InChI is InChI=1S/C15H19F3N4O3/c1-4-8-6-10(25-12(23)15(16,17)18)7-9(5-2)11(8)22(13(19)20)14(24)21-3/h6-7H,4-5H2,1-3H3,(H3,19,20)(H,21,24). The summed E-state index contributed by atoms with van der Waals surface area (Å²) in [4.78, 5) is 24.0. The van der Waals surface area contributed by atoms with Gasteiger partial charge in [-0.2, -0.15) is 13.2 Å². The van der Waals surface area contributed by atoms with Crippen LogP contribution < -0.4 is 20.7 Å². The zero-order valence-electron chi connectivity index (χ0n) is 14.0. The highest BCUT2D eigenvalue weighted by atomic mass is 19.4. The number of anilines is 1. The van der Waals surface area contributed by atoms with Crippen LogP contribution in [-0.4, -0.2) is 31.2 Å². The number of hydrogen-bond acceptors (Lipinski definition) is 4. The maximum Gasteiger partial charge on any atom is 0.491 e. The van der Waals surface area contributed by atoms with Crippen molar-refractivity contribution in [1.29, 1.82) is 5.41 Å². The Labute approximate surface area is 142 Å². The minimum Gasteiger partial charge on any atom is -0.420 e. The molecule has 0 unspecified atom stereocenters. The van der Waals surface area contributed by atoms with Crippen LogP contribution in [-0.2, 0) is 17.6 Å². The van der Waals surface area contributed by atoms with Crippen LogP contribution in [0.25, 0.3) is 0 Å². The molecule has 1 aromatic carbocycles. The van der Waals surface area contributed by atoms with Crippen LogP contribution in [0.1, 0.15) is 25.0 Å². The molecular formula is C15H19F3N4O3.